The lowest BCUT2D eigenvalue weighted by Gasteiger charge is -2.26. The third-order valence-electron chi connectivity index (χ3n) is 4.08. The largest absolute Gasteiger partial charge is 0.468 e. The normalized spacial score (nSPS) is 15.6. The van der Waals surface area contributed by atoms with Crippen LogP contribution < -0.4 is 5.32 Å². The fourth-order valence-corrected chi connectivity index (χ4v) is 4.78. The first-order valence-electron chi connectivity index (χ1n) is 8.63. The molecule has 1 aliphatic rings. The maximum absolute atomic E-state index is 12.6. The molecule has 1 fully saturated rings. The van der Waals surface area contributed by atoms with Crippen LogP contribution in [-0.4, -0.2) is 57.2 Å². The van der Waals surface area contributed by atoms with Crippen LogP contribution in [-0.2, 0) is 20.5 Å². The second-order valence-corrected chi connectivity index (χ2v) is 8.97. The predicted molar refractivity (Wildman–Crippen MR) is 103 cm³/mol. The molecule has 1 amide bonds. The summed E-state index contributed by atoms with van der Waals surface area (Å²) in [7, 11) is -3.54. The molecular formula is C18H22N2O5S2. The minimum Gasteiger partial charge on any atom is -0.468 e. The number of nitrogens with one attached hydrogen (secondary N) is 1. The molecule has 7 nitrogen and oxygen atoms in total. The number of amides is 1. The first kappa shape index (κ1) is 19.9. The first-order valence-corrected chi connectivity index (χ1v) is 11.2. The molecule has 2 aromatic rings. The van der Waals surface area contributed by atoms with Crippen molar-refractivity contribution in [3.63, 3.8) is 0 Å². The molecule has 0 spiro atoms. The van der Waals surface area contributed by atoms with Gasteiger partial charge < -0.3 is 14.5 Å². The maximum Gasteiger partial charge on any atom is 0.251 e. The van der Waals surface area contributed by atoms with Crippen molar-refractivity contribution in [2.24, 2.45) is 0 Å². The van der Waals surface area contributed by atoms with Gasteiger partial charge in [-0.05, 0) is 36.4 Å². The number of nitrogens with zero attached hydrogens (tertiary/aromatic N) is 1. The molecule has 1 N–H and O–H groups in total. The van der Waals surface area contributed by atoms with E-state index in [1.54, 1.807) is 30.2 Å². The molecule has 1 aromatic heterocycles. The zero-order valence-corrected chi connectivity index (χ0v) is 16.4. The summed E-state index contributed by atoms with van der Waals surface area (Å²) in [6.45, 7) is 2.02. The highest BCUT2D eigenvalue weighted by atomic mass is 32.2. The van der Waals surface area contributed by atoms with E-state index in [1.807, 2.05) is 12.1 Å². The Morgan fingerprint density at radius 3 is 2.56 bits per heavy atom. The zero-order chi connectivity index (χ0) is 19.1. The molecule has 2 heterocycles. The van der Waals surface area contributed by atoms with Crippen molar-refractivity contribution in [2.45, 2.75) is 10.6 Å². The van der Waals surface area contributed by atoms with Gasteiger partial charge in [-0.2, -0.15) is 16.1 Å². The Labute approximate surface area is 163 Å². The lowest BCUT2D eigenvalue weighted by atomic mass is 10.2. The molecule has 0 saturated carbocycles. The number of morpholine rings is 1. The van der Waals surface area contributed by atoms with E-state index in [-0.39, 0.29) is 10.8 Å². The number of thioether (sulfide) groups is 1. The van der Waals surface area contributed by atoms with Gasteiger partial charge in [-0.1, -0.05) is 0 Å². The van der Waals surface area contributed by atoms with Gasteiger partial charge in [0.15, 0.2) is 0 Å². The molecule has 146 valence electrons. The Morgan fingerprint density at radius 1 is 1.15 bits per heavy atom. The highest BCUT2D eigenvalue weighted by Gasteiger charge is 2.26. The number of carbonyl (C=O) groups excluding carboxylic acids is 1. The topological polar surface area (TPSA) is 88.8 Å². The van der Waals surface area contributed by atoms with Crippen molar-refractivity contribution in [1.82, 2.24) is 9.62 Å². The lowest BCUT2D eigenvalue weighted by molar-refractivity contribution is 0.0730. The van der Waals surface area contributed by atoms with Crippen LogP contribution in [0.1, 0.15) is 16.1 Å². The molecule has 27 heavy (non-hydrogen) atoms. The number of carbonyl (C=O) groups is 1. The van der Waals surface area contributed by atoms with Crippen LogP contribution in [0, 0.1) is 0 Å². The molecule has 3 rings (SSSR count). The maximum atomic E-state index is 12.6. The van der Waals surface area contributed by atoms with Crippen LogP contribution in [0.5, 0.6) is 0 Å². The van der Waals surface area contributed by atoms with Crippen LogP contribution in [0.3, 0.4) is 0 Å². The van der Waals surface area contributed by atoms with Gasteiger partial charge in [-0.3, -0.25) is 4.79 Å². The molecular weight excluding hydrogens is 388 g/mol. The van der Waals surface area contributed by atoms with E-state index in [0.717, 1.165) is 17.3 Å². The zero-order valence-electron chi connectivity index (χ0n) is 14.8. The summed E-state index contributed by atoms with van der Waals surface area (Å²) < 4.78 is 37.0. The standard InChI is InChI=1S/C18H22N2O5S2/c21-18(19-7-13-26-14-16-2-1-10-25-16)15-3-5-17(6-4-15)27(22,23)20-8-11-24-12-9-20/h1-6,10H,7-9,11-14H2,(H,19,21). The summed E-state index contributed by atoms with van der Waals surface area (Å²) in [4.78, 5) is 12.4. The SMILES string of the molecule is O=C(NCCSCc1ccco1)c1ccc(S(=O)(=O)N2CCOCC2)cc1. The fourth-order valence-electron chi connectivity index (χ4n) is 2.62. The van der Waals surface area contributed by atoms with Gasteiger partial charge >= 0.3 is 0 Å². The van der Waals surface area contributed by atoms with Crippen molar-refractivity contribution in [3.8, 4) is 0 Å². The summed E-state index contributed by atoms with van der Waals surface area (Å²) in [6.07, 6.45) is 1.64. The average Bonchev–Trinajstić information content (AvgIpc) is 3.22. The number of benzene rings is 1. The van der Waals surface area contributed by atoms with E-state index in [4.69, 9.17) is 9.15 Å². The molecule has 0 aliphatic carbocycles. The van der Waals surface area contributed by atoms with E-state index in [0.29, 0.717) is 38.4 Å². The molecule has 1 aromatic carbocycles. The molecule has 9 heteroatoms. The Bertz CT molecular complexity index is 829. The molecule has 1 saturated heterocycles. The number of hydrogen-bond acceptors (Lipinski definition) is 6. The van der Waals surface area contributed by atoms with Crippen LogP contribution >= 0.6 is 11.8 Å². The third-order valence-corrected chi connectivity index (χ3v) is 6.98. The summed E-state index contributed by atoms with van der Waals surface area (Å²) in [5.41, 5.74) is 0.437. The number of sulfonamides is 1. The van der Waals surface area contributed by atoms with Crippen LogP contribution in [0.25, 0.3) is 0 Å². The van der Waals surface area contributed by atoms with Gasteiger partial charge in [0, 0.05) is 31.0 Å². The van der Waals surface area contributed by atoms with E-state index in [2.05, 4.69) is 5.32 Å². The van der Waals surface area contributed by atoms with E-state index >= 15 is 0 Å². The van der Waals surface area contributed by atoms with Crippen molar-refractivity contribution in [3.05, 3.63) is 54.0 Å². The highest BCUT2D eigenvalue weighted by Crippen LogP contribution is 2.18. The quantitative estimate of drug-likeness (QED) is 0.670. The minimum absolute atomic E-state index is 0.190. The van der Waals surface area contributed by atoms with Crippen LogP contribution in [0.4, 0.5) is 0 Å². The van der Waals surface area contributed by atoms with E-state index in [9.17, 15) is 13.2 Å². The second-order valence-electron chi connectivity index (χ2n) is 5.93. The molecule has 0 bridgehead atoms. The minimum atomic E-state index is -3.54. The summed E-state index contributed by atoms with van der Waals surface area (Å²) in [5.74, 6) is 2.21. The number of furan rings is 1. The summed E-state index contributed by atoms with van der Waals surface area (Å²) >= 11 is 1.67. The van der Waals surface area contributed by atoms with Gasteiger partial charge in [0.05, 0.1) is 30.1 Å². The van der Waals surface area contributed by atoms with Gasteiger partial charge in [0.2, 0.25) is 10.0 Å². The lowest BCUT2D eigenvalue weighted by Crippen LogP contribution is -2.40. The molecule has 0 radical (unpaired) electrons. The third kappa shape index (κ3) is 5.35. The van der Waals surface area contributed by atoms with Crippen molar-refractivity contribution in [2.75, 3.05) is 38.6 Å². The van der Waals surface area contributed by atoms with Gasteiger partial charge in [0.1, 0.15) is 5.76 Å². The molecule has 1 aliphatic heterocycles. The Balaban J connectivity index is 1.48. The number of rotatable bonds is 8. The van der Waals surface area contributed by atoms with Crippen LogP contribution in [0.2, 0.25) is 0 Å². The van der Waals surface area contributed by atoms with Crippen molar-refractivity contribution < 1.29 is 22.4 Å². The predicted octanol–water partition coefficient (Wildman–Crippen LogP) is 1.96. The van der Waals surface area contributed by atoms with E-state index < -0.39 is 10.0 Å². The van der Waals surface area contributed by atoms with Gasteiger partial charge in [0.25, 0.3) is 5.91 Å². The number of hydrogen-bond donors (Lipinski definition) is 1. The average molecular weight is 411 g/mol. The number of ether oxygens (including phenoxy) is 1. The Morgan fingerprint density at radius 2 is 1.89 bits per heavy atom. The first-order chi connectivity index (χ1) is 13.1. The van der Waals surface area contributed by atoms with Gasteiger partial charge in [-0.15, -0.1) is 0 Å². The van der Waals surface area contributed by atoms with Crippen LogP contribution in [0.15, 0.2) is 52.0 Å². The Hall–Kier alpha value is -1.81. The molecule has 0 unspecified atom stereocenters. The highest BCUT2D eigenvalue weighted by molar-refractivity contribution is 7.98. The smallest absolute Gasteiger partial charge is 0.251 e. The van der Waals surface area contributed by atoms with Crippen molar-refractivity contribution >= 4 is 27.7 Å². The molecule has 0 atom stereocenters. The summed E-state index contributed by atoms with van der Waals surface area (Å²) in [5, 5.41) is 2.83. The second kappa shape index (κ2) is 9.41. The monoisotopic (exact) mass is 410 g/mol. The van der Waals surface area contributed by atoms with Crippen molar-refractivity contribution in [1.29, 1.82) is 0 Å². The van der Waals surface area contributed by atoms with E-state index in [1.165, 1.54) is 16.4 Å². The van der Waals surface area contributed by atoms with Gasteiger partial charge in [-0.25, -0.2) is 8.42 Å². The summed E-state index contributed by atoms with van der Waals surface area (Å²) in [6, 6.07) is 9.80. The Kier molecular flexibility index (Phi) is 6.95. The fraction of sp³-hybridized carbons (Fsp3) is 0.389.